The van der Waals surface area contributed by atoms with Crippen LogP contribution in [0.3, 0.4) is 0 Å². The van der Waals surface area contributed by atoms with Crippen molar-refractivity contribution in [2.75, 3.05) is 14.2 Å². The number of benzene rings is 1. The Kier molecular flexibility index (Phi) is 4.83. The van der Waals surface area contributed by atoms with E-state index in [0.717, 1.165) is 37.0 Å². The van der Waals surface area contributed by atoms with Gasteiger partial charge in [-0.1, -0.05) is 31.4 Å². The zero-order valence-corrected chi connectivity index (χ0v) is 11.9. The van der Waals surface area contributed by atoms with Crippen LogP contribution >= 0.6 is 0 Å². The highest BCUT2D eigenvalue weighted by Crippen LogP contribution is 2.35. The van der Waals surface area contributed by atoms with Crippen LogP contribution < -0.4 is 4.74 Å². The standard InChI is InChI=1S/C16H24O3/c1-18-14-8-6-7-13(11-14)12-15(17)16(19-2)9-4-3-5-10-16/h6-8,11,15,17H,3-5,9-10,12H2,1-2H3. The summed E-state index contributed by atoms with van der Waals surface area (Å²) < 4.78 is 10.9. The summed E-state index contributed by atoms with van der Waals surface area (Å²) in [6.45, 7) is 0. The third-order valence-corrected chi connectivity index (χ3v) is 4.28. The molecule has 106 valence electrons. The predicted molar refractivity (Wildman–Crippen MR) is 75.5 cm³/mol. The summed E-state index contributed by atoms with van der Waals surface area (Å²) in [4.78, 5) is 0. The lowest BCUT2D eigenvalue weighted by Crippen LogP contribution is -2.46. The maximum absolute atomic E-state index is 10.6. The molecule has 1 fully saturated rings. The number of aliphatic hydroxyl groups excluding tert-OH is 1. The molecule has 0 heterocycles. The smallest absolute Gasteiger partial charge is 0.119 e. The average molecular weight is 264 g/mol. The van der Waals surface area contributed by atoms with Crippen LogP contribution in [0.25, 0.3) is 0 Å². The van der Waals surface area contributed by atoms with Gasteiger partial charge in [0.1, 0.15) is 5.75 Å². The highest BCUT2D eigenvalue weighted by Gasteiger charge is 2.39. The van der Waals surface area contributed by atoms with Gasteiger partial charge >= 0.3 is 0 Å². The Morgan fingerprint density at radius 3 is 2.58 bits per heavy atom. The van der Waals surface area contributed by atoms with Gasteiger partial charge in [-0.05, 0) is 30.5 Å². The van der Waals surface area contributed by atoms with Crippen molar-refractivity contribution in [3.63, 3.8) is 0 Å². The number of aliphatic hydroxyl groups is 1. The first-order valence-corrected chi connectivity index (χ1v) is 7.06. The largest absolute Gasteiger partial charge is 0.497 e. The number of hydrogen-bond donors (Lipinski definition) is 1. The molecule has 0 bridgehead atoms. The Hall–Kier alpha value is -1.06. The summed E-state index contributed by atoms with van der Waals surface area (Å²) in [5.74, 6) is 0.833. The van der Waals surface area contributed by atoms with Gasteiger partial charge in [0.15, 0.2) is 0 Å². The summed E-state index contributed by atoms with van der Waals surface area (Å²) >= 11 is 0. The normalized spacial score (nSPS) is 19.9. The van der Waals surface area contributed by atoms with Crippen molar-refractivity contribution in [3.05, 3.63) is 29.8 Å². The van der Waals surface area contributed by atoms with Crippen molar-refractivity contribution in [1.82, 2.24) is 0 Å². The van der Waals surface area contributed by atoms with Crippen LogP contribution in [0.1, 0.15) is 37.7 Å². The van der Waals surface area contributed by atoms with Crippen molar-refractivity contribution >= 4 is 0 Å². The maximum Gasteiger partial charge on any atom is 0.119 e. The van der Waals surface area contributed by atoms with Crippen LogP contribution in [0, 0.1) is 0 Å². The SMILES string of the molecule is COc1cccc(CC(O)C2(OC)CCCCC2)c1. The van der Waals surface area contributed by atoms with E-state index in [2.05, 4.69) is 0 Å². The second kappa shape index (κ2) is 6.40. The summed E-state index contributed by atoms with van der Waals surface area (Å²) in [5.41, 5.74) is 0.732. The molecule has 1 aliphatic rings. The van der Waals surface area contributed by atoms with Crippen LogP contribution in [0.15, 0.2) is 24.3 Å². The van der Waals surface area contributed by atoms with E-state index in [1.165, 1.54) is 6.42 Å². The van der Waals surface area contributed by atoms with Crippen LogP contribution in [0.2, 0.25) is 0 Å². The van der Waals surface area contributed by atoms with Crippen molar-refractivity contribution in [2.24, 2.45) is 0 Å². The van der Waals surface area contributed by atoms with Crippen LogP contribution in [0.5, 0.6) is 5.75 Å². The average Bonchev–Trinajstić information content (AvgIpc) is 2.48. The molecule has 1 aromatic carbocycles. The van der Waals surface area contributed by atoms with E-state index >= 15 is 0 Å². The molecule has 1 unspecified atom stereocenters. The van der Waals surface area contributed by atoms with Crippen molar-refractivity contribution in [3.8, 4) is 5.75 Å². The summed E-state index contributed by atoms with van der Waals surface area (Å²) in [6, 6.07) is 7.89. The van der Waals surface area contributed by atoms with Gasteiger partial charge in [-0.15, -0.1) is 0 Å². The molecule has 0 radical (unpaired) electrons. The highest BCUT2D eigenvalue weighted by molar-refractivity contribution is 5.29. The summed E-state index contributed by atoms with van der Waals surface area (Å²) in [5, 5.41) is 10.6. The summed E-state index contributed by atoms with van der Waals surface area (Å²) in [6.07, 6.45) is 5.60. The lowest BCUT2D eigenvalue weighted by molar-refractivity contribution is -0.122. The Balaban J connectivity index is 2.07. The summed E-state index contributed by atoms with van der Waals surface area (Å²) in [7, 11) is 3.38. The second-order valence-corrected chi connectivity index (χ2v) is 5.40. The molecule has 0 aromatic heterocycles. The van der Waals surface area contributed by atoms with E-state index in [9.17, 15) is 5.11 Å². The Bertz CT molecular complexity index is 397. The lowest BCUT2D eigenvalue weighted by Gasteiger charge is -2.40. The fraction of sp³-hybridized carbons (Fsp3) is 0.625. The van der Waals surface area contributed by atoms with Gasteiger partial charge in [-0.25, -0.2) is 0 Å². The molecule has 0 saturated heterocycles. The van der Waals surface area contributed by atoms with Gasteiger partial charge in [0.05, 0.1) is 18.8 Å². The van der Waals surface area contributed by atoms with Gasteiger partial charge in [-0.3, -0.25) is 0 Å². The quantitative estimate of drug-likeness (QED) is 0.888. The van der Waals surface area contributed by atoms with Gasteiger partial charge in [-0.2, -0.15) is 0 Å². The number of ether oxygens (including phenoxy) is 2. The molecule has 0 aliphatic heterocycles. The minimum atomic E-state index is -0.454. The molecule has 1 aliphatic carbocycles. The van der Waals surface area contributed by atoms with E-state index in [1.54, 1.807) is 14.2 Å². The minimum absolute atomic E-state index is 0.360. The van der Waals surface area contributed by atoms with Gasteiger partial charge < -0.3 is 14.6 Å². The first-order chi connectivity index (χ1) is 9.20. The van der Waals surface area contributed by atoms with E-state index < -0.39 is 6.10 Å². The number of hydrogen-bond acceptors (Lipinski definition) is 3. The molecule has 1 atom stereocenters. The molecule has 1 N–H and O–H groups in total. The molecule has 19 heavy (non-hydrogen) atoms. The predicted octanol–water partition coefficient (Wildman–Crippen LogP) is 2.95. The first kappa shape index (κ1) is 14.4. The number of methoxy groups -OCH3 is 2. The highest BCUT2D eigenvalue weighted by atomic mass is 16.5. The third kappa shape index (κ3) is 3.28. The molecule has 3 heteroatoms. The monoisotopic (exact) mass is 264 g/mol. The van der Waals surface area contributed by atoms with E-state index in [1.807, 2.05) is 24.3 Å². The zero-order chi connectivity index (χ0) is 13.7. The van der Waals surface area contributed by atoms with E-state index in [4.69, 9.17) is 9.47 Å². The van der Waals surface area contributed by atoms with Crippen LogP contribution in [-0.4, -0.2) is 31.0 Å². The van der Waals surface area contributed by atoms with Crippen molar-refractivity contribution in [2.45, 2.75) is 50.2 Å². The fourth-order valence-corrected chi connectivity index (χ4v) is 3.03. The lowest BCUT2D eigenvalue weighted by atomic mass is 9.78. The second-order valence-electron chi connectivity index (χ2n) is 5.40. The first-order valence-electron chi connectivity index (χ1n) is 7.06. The molecule has 2 rings (SSSR count). The van der Waals surface area contributed by atoms with Crippen LogP contribution in [0.4, 0.5) is 0 Å². The van der Waals surface area contributed by atoms with Crippen molar-refractivity contribution < 1.29 is 14.6 Å². The fourth-order valence-electron chi connectivity index (χ4n) is 3.03. The Morgan fingerprint density at radius 1 is 1.21 bits per heavy atom. The molecule has 0 spiro atoms. The van der Waals surface area contributed by atoms with Gasteiger partial charge in [0.2, 0.25) is 0 Å². The molecule has 1 saturated carbocycles. The molecule has 0 amide bonds. The van der Waals surface area contributed by atoms with E-state index in [0.29, 0.717) is 6.42 Å². The molecule has 1 aromatic rings. The molecule has 3 nitrogen and oxygen atoms in total. The molecular weight excluding hydrogens is 240 g/mol. The van der Waals surface area contributed by atoms with Gasteiger partial charge in [0.25, 0.3) is 0 Å². The minimum Gasteiger partial charge on any atom is -0.497 e. The van der Waals surface area contributed by atoms with E-state index in [-0.39, 0.29) is 5.60 Å². The Morgan fingerprint density at radius 2 is 1.95 bits per heavy atom. The Labute approximate surface area is 115 Å². The van der Waals surface area contributed by atoms with Crippen LogP contribution in [-0.2, 0) is 11.2 Å². The number of rotatable bonds is 5. The van der Waals surface area contributed by atoms with Gasteiger partial charge in [0, 0.05) is 13.5 Å². The zero-order valence-electron chi connectivity index (χ0n) is 11.9. The van der Waals surface area contributed by atoms with Crippen molar-refractivity contribution in [1.29, 1.82) is 0 Å². The molecular formula is C16H24O3. The third-order valence-electron chi connectivity index (χ3n) is 4.28. The maximum atomic E-state index is 10.6. The topological polar surface area (TPSA) is 38.7 Å².